The minimum atomic E-state index is -0.270. The summed E-state index contributed by atoms with van der Waals surface area (Å²) >= 11 is 1.53. The zero-order valence-corrected chi connectivity index (χ0v) is 13.0. The normalized spacial score (nSPS) is 12.2. The molecule has 0 aliphatic rings. The van der Waals surface area contributed by atoms with Gasteiger partial charge in [0.2, 0.25) is 0 Å². The lowest BCUT2D eigenvalue weighted by atomic mass is 10.2. The van der Waals surface area contributed by atoms with Crippen LogP contribution in [0.4, 0.5) is 0 Å². The fourth-order valence-corrected chi connectivity index (χ4v) is 3.31. The molecule has 3 rings (SSSR count). The van der Waals surface area contributed by atoms with E-state index in [1.54, 1.807) is 19.3 Å². The zero-order valence-electron chi connectivity index (χ0n) is 12.2. The van der Waals surface area contributed by atoms with Crippen molar-refractivity contribution >= 4 is 27.5 Å². The number of aryl methyl sites for hydroxylation is 3. The molecule has 108 valence electrons. The summed E-state index contributed by atoms with van der Waals surface area (Å²) in [5.74, 6) is -0.270. The van der Waals surface area contributed by atoms with Crippen molar-refractivity contribution in [3.8, 4) is 0 Å². The van der Waals surface area contributed by atoms with Gasteiger partial charge < -0.3 is 4.57 Å². The maximum absolute atomic E-state index is 12.2. The Morgan fingerprint density at radius 1 is 1.33 bits per heavy atom. The first-order chi connectivity index (χ1) is 10.1. The van der Waals surface area contributed by atoms with Crippen LogP contribution in [-0.2, 0) is 20.5 Å². The van der Waals surface area contributed by atoms with Crippen LogP contribution < -0.4 is 4.80 Å². The molecule has 0 spiro atoms. The van der Waals surface area contributed by atoms with Crippen LogP contribution in [0.1, 0.15) is 23.0 Å². The predicted octanol–water partition coefficient (Wildman–Crippen LogP) is 2.28. The van der Waals surface area contributed by atoms with E-state index in [0.29, 0.717) is 10.5 Å². The Bertz CT molecular complexity index is 885. The Balaban J connectivity index is 2.12. The number of thiazole rings is 1. The van der Waals surface area contributed by atoms with Crippen molar-refractivity contribution < 1.29 is 4.79 Å². The van der Waals surface area contributed by atoms with E-state index in [0.717, 1.165) is 16.6 Å². The summed E-state index contributed by atoms with van der Waals surface area (Å²) in [7, 11) is 3.67. The lowest BCUT2D eigenvalue weighted by Gasteiger charge is -1.98. The van der Waals surface area contributed by atoms with Crippen molar-refractivity contribution in [3.05, 3.63) is 46.5 Å². The lowest BCUT2D eigenvalue weighted by molar-refractivity contribution is 0.0989. The standard InChI is InChI=1S/C15H16N4OS/c1-4-10-5-6-11-13(9-10)21-15(18(11)2)17-14(20)12-7-8-16-19(12)3/h5-9H,4H2,1-3H3. The van der Waals surface area contributed by atoms with Gasteiger partial charge in [-0.15, -0.1) is 0 Å². The molecule has 0 atom stereocenters. The van der Waals surface area contributed by atoms with Crippen molar-refractivity contribution in [2.45, 2.75) is 13.3 Å². The summed E-state index contributed by atoms with van der Waals surface area (Å²) in [5.41, 5.74) is 2.87. The number of hydrogen-bond acceptors (Lipinski definition) is 3. The Morgan fingerprint density at radius 2 is 2.14 bits per heavy atom. The molecule has 0 radical (unpaired) electrons. The van der Waals surface area contributed by atoms with E-state index in [9.17, 15) is 4.79 Å². The molecule has 0 aliphatic carbocycles. The second kappa shape index (κ2) is 5.29. The van der Waals surface area contributed by atoms with Crippen LogP contribution in [0.25, 0.3) is 10.2 Å². The highest BCUT2D eigenvalue weighted by Gasteiger charge is 2.10. The van der Waals surface area contributed by atoms with E-state index in [-0.39, 0.29) is 5.91 Å². The van der Waals surface area contributed by atoms with Crippen molar-refractivity contribution in [2.24, 2.45) is 19.1 Å². The minimum Gasteiger partial charge on any atom is -0.319 e. The third kappa shape index (κ3) is 2.42. The molecule has 3 aromatic rings. The second-order valence-corrected chi connectivity index (χ2v) is 5.87. The van der Waals surface area contributed by atoms with Crippen LogP contribution in [-0.4, -0.2) is 20.3 Å². The quantitative estimate of drug-likeness (QED) is 0.729. The minimum absolute atomic E-state index is 0.270. The molecule has 5 nitrogen and oxygen atoms in total. The van der Waals surface area contributed by atoms with Gasteiger partial charge in [-0.05, 0) is 30.2 Å². The van der Waals surface area contributed by atoms with Crippen LogP contribution >= 0.6 is 11.3 Å². The highest BCUT2D eigenvalue weighted by atomic mass is 32.1. The van der Waals surface area contributed by atoms with Gasteiger partial charge in [-0.25, -0.2) is 0 Å². The van der Waals surface area contributed by atoms with E-state index >= 15 is 0 Å². The summed E-state index contributed by atoms with van der Waals surface area (Å²) in [5, 5.41) is 4.00. The van der Waals surface area contributed by atoms with Gasteiger partial charge >= 0.3 is 0 Å². The number of rotatable bonds is 2. The molecule has 1 amide bonds. The molecule has 2 heterocycles. The predicted molar refractivity (Wildman–Crippen MR) is 83.3 cm³/mol. The van der Waals surface area contributed by atoms with Gasteiger partial charge in [0, 0.05) is 20.3 Å². The van der Waals surface area contributed by atoms with Gasteiger partial charge in [-0.3, -0.25) is 9.48 Å². The molecule has 0 bridgehead atoms. The Hall–Kier alpha value is -2.21. The molecule has 21 heavy (non-hydrogen) atoms. The highest BCUT2D eigenvalue weighted by molar-refractivity contribution is 7.16. The lowest BCUT2D eigenvalue weighted by Crippen LogP contribution is -2.14. The summed E-state index contributed by atoms with van der Waals surface area (Å²) in [6.07, 6.45) is 2.60. The molecule has 0 fully saturated rings. The molecule has 6 heteroatoms. The number of carbonyl (C=O) groups is 1. The van der Waals surface area contributed by atoms with Crippen molar-refractivity contribution in [1.29, 1.82) is 0 Å². The molecule has 0 N–H and O–H groups in total. The van der Waals surface area contributed by atoms with Gasteiger partial charge in [0.25, 0.3) is 5.91 Å². The van der Waals surface area contributed by atoms with Gasteiger partial charge in [0.05, 0.1) is 10.2 Å². The van der Waals surface area contributed by atoms with Crippen LogP contribution in [0.2, 0.25) is 0 Å². The van der Waals surface area contributed by atoms with Gasteiger partial charge in [-0.2, -0.15) is 10.1 Å². The molecular weight excluding hydrogens is 284 g/mol. The smallest absolute Gasteiger partial charge is 0.297 e. The van der Waals surface area contributed by atoms with E-state index < -0.39 is 0 Å². The van der Waals surface area contributed by atoms with Crippen LogP contribution in [0.3, 0.4) is 0 Å². The number of aromatic nitrogens is 3. The maximum Gasteiger partial charge on any atom is 0.297 e. The van der Waals surface area contributed by atoms with E-state index in [1.165, 1.54) is 21.6 Å². The number of hydrogen-bond donors (Lipinski definition) is 0. The van der Waals surface area contributed by atoms with Crippen LogP contribution in [0, 0.1) is 0 Å². The first-order valence-electron chi connectivity index (χ1n) is 6.75. The summed E-state index contributed by atoms with van der Waals surface area (Å²) in [6.45, 7) is 2.13. The molecular formula is C15H16N4OS. The molecule has 2 aromatic heterocycles. The largest absolute Gasteiger partial charge is 0.319 e. The monoisotopic (exact) mass is 300 g/mol. The molecule has 0 unspecified atom stereocenters. The van der Waals surface area contributed by atoms with E-state index in [2.05, 4.69) is 35.2 Å². The molecule has 1 aromatic carbocycles. The SMILES string of the molecule is CCc1ccc2c(c1)sc(=NC(=O)c1ccnn1C)n2C. The fraction of sp³-hybridized carbons (Fsp3) is 0.267. The number of carbonyl (C=O) groups excluding carboxylic acids is 1. The Kier molecular flexibility index (Phi) is 3.47. The third-order valence-corrected chi connectivity index (χ3v) is 4.61. The van der Waals surface area contributed by atoms with E-state index in [1.807, 2.05) is 11.6 Å². The number of amides is 1. The first-order valence-corrected chi connectivity index (χ1v) is 7.57. The van der Waals surface area contributed by atoms with Crippen molar-refractivity contribution in [3.63, 3.8) is 0 Å². The maximum atomic E-state index is 12.2. The number of nitrogens with zero attached hydrogens (tertiary/aromatic N) is 4. The number of fused-ring (bicyclic) bond motifs is 1. The topological polar surface area (TPSA) is 52.2 Å². The third-order valence-electron chi connectivity index (χ3n) is 3.52. The number of benzene rings is 1. The summed E-state index contributed by atoms with van der Waals surface area (Å²) < 4.78 is 4.63. The Morgan fingerprint density at radius 3 is 2.81 bits per heavy atom. The highest BCUT2D eigenvalue weighted by Crippen LogP contribution is 2.18. The van der Waals surface area contributed by atoms with E-state index in [4.69, 9.17) is 0 Å². The Labute approximate surface area is 126 Å². The summed E-state index contributed by atoms with van der Waals surface area (Å²) in [4.78, 5) is 17.1. The van der Waals surface area contributed by atoms with Crippen molar-refractivity contribution in [1.82, 2.24) is 14.3 Å². The van der Waals surface area contributed by atoms with Crippen LogP contribution in [0.15, 0.2) is 35.5 Å². The van der Waals surface area contributed by atoms with Crippen LogP contribution in [0.5, 0.6) is 0 Å². The van der Waals surface area contributed by atoms with Gasteiger partial charge in [0.15, 0.2) is 4.80 Å². The average Bonchev–Trinajstić information content (AvgIpc) is 3.03. The zero-order chi connectivity index (χ0) is 15.0. The van der Waals surface area contributed by atoms with Gasteiger partial charge in [0.1, 0.15) is 5.69 Å². The molecule has 0 saturated carbocycles. The second-order valence-electron chi connectivity index (χ2n) is 4.86. The summed E-state index contributed by atoms with van der Waals surface area (Å²) in [6, 6.07) is 8.03. The average molecular weight is 300 g/mol. The first kappa shape index (κ1) is 13.8. The molecule has 0 saturated heterocycles. The van der Waals surface area contributed by atoms with Crippen molar-refractivity contribution in [2.75, 3.05) is 0 Å². The fourth-order valence-electron chi connectivity index (χ4n) is 2.23. The molecule has 0 aliphatic heterocycles. The van der Waals surface area contributed by atoms with Gasteiger partial charge in [-0.1, -0.05) is 24.3 Å².